The number of pyridine rings is 1. The Labute approximate surface area is 108 Å². The third-order valence-corrected chi connectivity index (χ3v) is 2.78. The molecule has 0 atom stereocenters. The number of aromatic nitrogens is 1. The molecule has 1 aromatic carbocycles. The van der Waals surface area contributed by atoms with Crippen LogP contribution < -0.4 is 10.1 Å². The van der Waals surface area contributed by atoms with E-state index >= 15 is 0 Å². The van der Waals surface area contributed by atoms with Gasteiger partial charge in [-0.25, -0.2) is 4.98 Å². The Morgan fingerprint density at radius 2 is 1.94 bits per heavy atom. The summed E-state index contributed by atoms with van der Waals surface area (Å²) in [7, 11) is 1.70. The van der Waals surface area contributed by atoms with Gasteiger partial charge in [0.15, 0.2) is 0 Å². The van der Waals surface area contributed by atoms with Crippen LogP contribution in [0.3, 0.4) is 0 Å². The zero-order valence-electron chi connectivity index (χ0n) is 10.8. The highest BCUT2D eigenvalue weighted by Gasteiger charge is 2.01. The third kappa shape index (κ3) is 3.23. The van der Waals surface area contributed by atoms with Gasteiger partial charge in [-0.05, 0) is 37.1 Å². The first-order valence-electron chi connectivity index (χ1n) is 6.09. The van der Waals surface area contributed by atoms with Gasteiger partial charge in [-0.3, -0.25) is 0 Å². The first-order valence-corrected chi connectivity index (χ1v) is 6.09. The molecule has 0 unspecified atom stereocenters. The van der Waals surface area contributed by atoms with E-state index in [1.54, 1.807) is 7.11 Å². The van der Waals surface area contributed by atoms with E-state index in [9.17, 15) is 0 Å². The third-order valence-electron chi connectivity index (χ3n) is 2.78. The lowest BCUT2D eigenvalue weighted by Gasteiger charge is -2.09. The van der Waals surface area contributed by atoms with Crippen molar-refractivity contribution in [2.45, 2.75) is 13.3 Å². The Morgan fingerprint density at radius 3 is 2.72 bits per heavy atom. The van der Waals surface area contributed by atoms with Crippen LogP contribution in [0.2, 0.25) is 0 Å². The number of hydrogen-bond donors (Lipinski definition) is 1. The Bertz CT molecular complexity index is 511. The maximum absolute atomic E-state index is 5.32. The molecule has 0 amide bonds. The lowest BCUT2D eigenvalue weighted by molar-refractivity contribution is 0.410. The molecule has 0 fully saturated rings. The average Bonchev–Trinajstić information content (AvgIpc) is 2.39. The highest BCUT2D eigenvalue weighted by molar-refractivity contribution is 5.37. The zero-order valence-corrected chi connectivity index (χ0v) is 10.8. The molecule has 94 valence electrons. The Balaban J connectivity index is 1.92. The number of anilines is 1. The molecule has 2 rings (SSSR count). The maximum Gasteiger partial charge on any atom is 0.126 e. The van der Waals surface area contributed by atoms with Crippen LogP contribution in [0, 0.1) is 6.92 Å². The van der Waals surface area contributed by atoms with Gasteiger partial charge in [0, 0.05) is 12.2 Å². The molecule has 0 saturated heterocycles. The van der Waals surface area contributed by atoms with E-state index in [1.165, 1.54) is 5.56 Å². The van der Waals surface area contributed by atoms with E-state index in [-0.39, 0.29) is 0 Å². The van der Waals surface area contributed by atoms with Gasteiger partial charge in [-0.1, -0.05) is 24.3 Å². The molecule has 0 radical (unpaired) electrons. The largest absolute Gasteiger partial charge is 0.496 e. The molecule has 1 heterocycles. The number of ether oxygens (including phenoxy) is 1. The topological polar surface area (TPSA) is 34.1 Å². The molecule has 1 N–H and O–H groups in total. The second-order valence-electron chi connectivity index (χ2n) is 4.15. The SMILES string of the molecule is COc1ccccc1CCNc1cccc(C)n1. The highest BCUT2D eigenvalue weighted by atomic mass is 16.5. The van der Waals surface area contributed by atoms with Gasteiger partial charge in [-0.2, -0.15) is 0 Å². The van der Waals surface area contributed by atoms with Crippen LogP contribution in [-0.2, 0) is 6.42 Å². The van der Waals surface area contributed by atoms with E-state index in [1.807, 2.05) is 43.3 Å². The number of rotatable bonds is 5. The van der Waals surface area contributed by atoms with Crippen molar-refractivity contribution >= 4 is 5.82 Å². The fourth-order valence-corrected chi connectivity index (χ4v) is 1.88. The normalized spacial score (nSPS) is 10.1. The van der Waals surface area contributed by atoms with Crippen LogP contribution >= 0.6 is 0 Å². The summed E-state index contributed by atoms with van der Waals surface area (Å²) >= 11 is 0. The summed E-state index contributed by atoms with van der Waals surface area (Å²) in [5.74, 6) is 1.86. The van der Waals surface area contributed by atoms with Crippen molar-refractivity contribution in [2.75, 3.05) is 19.0 Å². The van der Waals surface area contributed by atoms with E-state index in [0.29, 0.717) is 0 Å². The summed E-state index contributed by atoms with van der Waals surface area (Å²) in [6.07, 6.45) is 0.916. The minimum atomic E-state index is 0.844. The number of nitrogens with zero attached hydrogens (tertiary/aromatic N) is 1. The molecule has 1 aromatic heterocycles. The number of para-hydroxylation sites is 1. The average molecular weight is 242 g/mol. The van der Waals surface area contributed by atoms with Crippen molar-refractivity contribution in [2.24, 2.45) is 0 Å². The predicted molar refractivity (Wildman–Crippen MR) is 74.2 cm³/mol. The molecule has 2 aromatic rings. The second-order valence-corrected chi connectivity index (χ2v) is 4.15. The second kappa shape index (κ2) is 6.05. The smallest absolute Gasteiger partial charge is 0.126 e. The van der Waals surface area contributed by atoms with E-state index in [0.717, 1.165) is 30.2 Å². The minimum Gasteiger partial charge on any atom is -0.496 e. The van der Waals surface area contributed by atoms with Crippen LogP contribution in [0.5, 0.6) is 5.75 Å². The molecule has 18 heavy (non-hydrogen) atoms. The summed E-state index contributed by atoms with van der Waals surface area (Å²) in [6, 6.07) is 14.1. The molecular weight excluding hydrogens is 224 g/mol. The lowest BCUT2D eigenvalue weighted by Crippen LogP contribution is -2.07. The summed E-state index contributed by atoms with van der Waals surface area (Å²) in [5, 5.41) is 3.32. The number of nitrogens with one attached hydrogen (secondary N) is 1. The van der Waals surface area contributed by atoms with E-state index < -0.39 is 0 Å². The fourth-order valence-electron chi connectivity index (χ4n) is 1.88. The molecule has 0 aliphatic rings. The first-order chi connectivity index (χ1) is 8.79. The monoisotopic (exact) mass is 242 g/mol. The van der Waals surface area contributed by atoms with E-state index in [2.05, 4.69) is 16.4 Å². The predicted octanol–water partition coefficient (Wildman–Crippen LogP) is 3.05. The van der Waals surface area contributed by atoms with Gasteiger partial charge in [0.1, 0.15) is 11.6 Å². The van der Waals surface area contributed by atoms with Crippen molar-refractivity contribution in [3.63, 3.8) is 0 Å². The first kappa shape index (κ1) is 12.4. The highest BCUT2D eigenvalue weighted by Crippen LogP contribution is 2.17. The van der Waals surface area contributed by atoms with Crippen LogP contribution in [0.4, 0.5) is 5.82 Å². The van der Waals surface area contributed by atoms with Crippen molar-refractivity contribution in [3.05, 3.63) is 53.7 Å². The van der Waals surface area contributed by atoms with Gasteiger partial charge in [0.05, 0.1) is 7.11 Å². The van der Waals surface area contributed by atoms with Gasteiger partial charge in [0.25, 0.3) is 0 Å². The van der Waals surface area contributed by atoms with Gasteiger partial charge < -0.3 is 10.1 Å². The van der Waals surface area contributed by atoms with Crippen molar-refractivity contribution in [1.82, 2.24) is 4.98 Å². The summed E-state index contributed by atoms with van der Waals surface area (Å²) in [6.45, 7) is 2.84. The summed E-state index contributed by atoms with van der Waals surface area (Å²) < 4.78 is 5.32. The number of hydrogen-bond acceptors (Lipinski definition) is 3. The Kier molecular flexibility index (Phi) is 4.18. The number of benzene rings is 1. The molecule has 3 heteroatoms. The van der Waals surface area contributed by atoms with Crippen LogP contribution in [-0.4, -0.2) is 18.6 Å². The summed E-state index contributed by atoms with van der Waals surface area (Å²) in [5.41, 5.74) is 2.23. The Morgan fingerprint density at radius 1 is 1.11 bits per heavy atom. The van der Waals surface area contributed by atoms with Crippen molar-refractivity contribution in [1.29, 1.82) is 0 Å². The van der Waals surface area contributed by atoms with Crippen LogP contribution in [0.25, 0.3) is 0 Å². The van der Waals surface area contributed by atoms with Gasteiger partial charge >= 0.3 is 0 Å². The minimum absolute atomic E-state index is 0.844. The molecule has 0 aliphatic carbocycles. The van der Waals surface area contributed by atoms with Crippen molar-refractivity contribution < 1.29 is 4.74 Å². The van der Waals surface area contributed by atoms with Crippen LogP contribution in [0.1, 0.15) is 11.3 Å². The number of methoxy groups -OCH3 is 1. The molecule has 0 spiro atoms. The zero-order chi connectivity index (χ0) is 12.8. The molecule has 3 nitrogen and oxygen atoms in total. The summed E-state index contributed by atoms with van der Waals surface area (Å²) in [4.78, 5) is 4.40. The lowest BCUT2D eigenvalue weighted by atomic mass is 10.1. The van der Waals surface area contributed by atoms with Gasteiger partial charge in [-0.15, -0.1) is 0 Å². The molecule has 0 saturated carbocycles. The quantitative estimate of drug-likeness (QED) is 0.875. The molecule has 0 bridgehead atoms. The molecule has 0 aliphatic heterocycles. The molecular formula is C15H18N2O. The van der Waals surface area contributed by atoms with Crippen molar-refractivity contribution in [3.8, 4) is 5.75 Å². The standard InChI is InChI=1S/C15H18N2O/c1-12-6-5-9-15(17-12)16-11-10-13-7-3-4-8-14(13)18-2/h3-9H,10-11H2,1-2H3,(H,16,17). The van der Waals surface area contributed by atoms with Gasteiger partial charge in [0.2, 0.25) is 0 Å². The number of aryl methyl sites for hydroxylation is 1. The Hall–Kier alpha value is -2.03. The van der Waals surface area contributed by atoms with E-state index in [4.69, 9.17) is 4.74 Å². The maximum atomic E-state index is 5.32. The fraction of sp³-hybridized carbons (Fsp3) is 0.267. The van der Waals surface area contributed by atoms with Crippen LogP contribution in [0.15, 0.2) is 42.5 Å².